The summed E-state index contributed by atoms with van der Waals surface area (Å²) in [4.78, 5) is 24.6. The summed E-state index contributed by atoms with van der Waals surface area (Å²) < 4.78 is 39.6. The number of carbonyl (C=O) groups is 2. The van der Waals surface area contributed by atoms with E-state index < -0.39 is 35.3 Å². The minimum atomic E-state index is -1.11. The number of phenolic OH excluding ortho intramolecular Hbond substituents is 1. The third kappa shape index (κ3) is 6.18. The summed E-state index contributed by atoms with van der Waals surface area (Å²) in [6, 6.07) is 4.09. The number of amides is 1. The molecule has 0 fully saturated rings. The number of phenols is 1. The molecule has 0 bridgehead atoms. The van der Waals surface area contributed by atoms with Gasteiger partial charge in [-0.25, -0.2) is 13.6 Å². The monoisotopic (exact) mass is 449 g/mol. The molecule has 0 aliphatic carbocycles. The average Bonchev–Trinajstić information content (AvgIpc) is 2.66. The smallest absolute Gasteiger partial charge is 0.408 e. The van der Waals surface area contributed by atoms with Crippen molar-refractivity contribution in [3.8, 4) is 16.9 Å². The maximum absolute atomic E-state index is 15.2. The van der Waals surface area contributed by atoms with Crippen LogP contribution in [0.2, 0.25) is 0 Å². The van der Waals surface area contributed by atoms with E-state index in [1.54, 1.807) is 27.7 Å². The van der Waals surface area contributed by atoms with E-state index in [9.17, 15) is 19.1 Å². The minimum absolute atomic E-state index is 0.0121. The van der Waals surface area contributed by atoms with Crippen LogP contribution in [0.4, 0.5) is 13.6 Å². The molecule has 1 amide bonds. The van der Waals surface area contributed by atoms with E-state index in [0.717, 1.165) is 6.07 Å². The van der Waals surface area contributed by atoms with Crippen molar-refractivity contribution in [3.05, 3.63) is 52.6 Å². The first-order valence-corrected chi connectivity index (χ1v) is 10.3. The lowest BCUT2D eigenvalue weighted by atomic mass is 9.92. The number of rotatable bonds is 6. The third-order valence-corrected chi connectivity index (χ3v) is 4.69. The summed E-state index contributed by atoms with van der Waals surface area (Å²) in [6.07, 6.45) is -1.18. The number of hydrogen-bond acceptors (Lipinski definition) is 5. The molecule has 0 aliphatic heterocycles. The van der Waals surface area contributed by atoms with Gasteiger partial charge in [0.05, 0.1) is 19.1 Å². The zero-order valence-corrected chi connectivity index (χ0v) is 19.1. The summed E-state index contributed by atoms with van der Waals surface area (Å²) in [6.45, 7) is 9.78. The van der Waals surface area contributed by atoms with Crippen LogP contribution in [0.15, 0.2) is 24.3 Å². The van der Waals surface area contributed by atoms with Gasteiger partial charge in [0, 0.05) is 11.1 Å². The first kappa shape index (κ1) is 25.1. The summed E-state index contributed by atoms with van der Waals surface area (Å²) in [5.41, 5.74) is 0.0976. The lowest BCUT2D eigenvalue weighted by Crippen LogP contribution is -2.36. The van der Waals surface area contributed by atoms with Crippen LogP contribution in [0.25, 0.3) is 11.1 Å². The van der Waals surface area contributed by atoms with Gasteiger partial charge in [-0.05, 0) is 82.5 Å². The van der Waals surface area contributed by atoms with Gasteiger partial charge in [0.1, 0.15) is 23.0 Å². The highest BCUT2D eigenvalue weighted by Gasteiger charge is 2.27. The van der Waals surface area contributed by atoms with Gasteiger partial charge < -0.3 is 19.9 Å². The third-order valence-electron chi connectivity index (χ3n) is 4.69. The number of carbonyl (C=O) groups excluding carboxylic acids is 2. The number of esters is 1. The second-order valence-corrected chi connectivity index (χ2v) is 8.47. The normalized spacial score (nSPS) is 12.2. The molecule has 0 heterocycles. The molecule has 174 valence electrons. The van der Waals surface area contributed by atoms with Gasteiger partial charge in [-0.1, -0.05) is 0 Å². The Hall–Kier alpha value is -3.16. The van der Waals surface area contributed by atoms with Crippen LogP contribution in [0, 0.1) is 25.5 Å². The molecule has 6 nitrogen and oxygen atoms in total. The molecule has 2 aromatic carbocycles. The summed E-state index contributed by atoms with van der Waals surface area (Å²) >= 11 is 0. The topological polar surface area (TPSA) is 84.9 Å². The van der Waals surface area contributed by atoms with E-state index in [1.807, 2.05) is 0 Å². The number of halogens is 2. The number of aromatic hydroxyl groups is 1. The van der Waals surface area contributed by atoms with E-state index in [1.165, 1.54) is 32.0 Å². The molecule has 0 aliphatic rings. The SMILES string of the molecule is CCOC(=O)C[C@H](NC(=O)OC(C)(C)C)c1cc(-c2c(O)ccc(F)c2C)cc(C)c1F. The summed E-state index contributed by atoms with van der Waals surface area (Å²) in [7, 11) is 0. The summed E-state index contributed by atoms with van der Waals surface area (Å²) in [5.74, 6) is -1.99. The highest BCUT2D eigenvalue weighted by atomic mass is 19.1. The van der Waals surface area contributed by atoms with E-state index in [0.29, 0.717) is 5.56 Å². The number of ether oxygens (including phenoxy) is 2. The zero-order valence-electron chi connectivity index (χ0n) is 19.1. The first-order valence-electron chi connectivity index (χ1n) is 10.3. The van der Waals surface area contributed by atoms with Crippen molar-refractivity contribution in [1.29, 1.82) is 0 Å². The van der Waals surface area contributed by atoms with Gasteiger partial charge in [0.25, 0.3) is 0 Å². The van der Waals surface area contributed by atoms with Gasteiger partial charge in [0.15, 0.2) is 0 Å². The summed E-state index contributed by atoms with van der Waals surface area (Å²) in [5, 5.41) is 12.9. The van der Waals surface area contributed by atoms with Crippen molar-refractivity contribution in [1.82, 2.24) is 5.32 Å². The second-order valence-electron chi connectivity index (χ2n) is 8.47. The second kappa shape index (κ2) is 9.97. The Labute approximate surface area is 186 Å². The number of nitrogens with one attached hydrogen (secondary N) is 1. The van der Waals surface area contributed by atoms with E-state index in [2.05, 4.69) is 5.32 Å². The van der Waals surface area contributed by atoms with Crippen molar-refractivity contribution in [2.45, 2.75) is 59.6 Å². The Morgan fingerprint density at radius 2 is 1.81 bits per heavy atom. The quantitative estimate of drug-likeness (QED) is 0.571. The molecule has 0 unspecified atom stereocenters. The number of hydrogen-bond donors (Lipinski definition) is 2. The van der Waals surface area contributed by atoms with Gasteiger partial charge in [-0.2, -0.15) is 0 Å². The van der Waals surface area contributed by atoms with Crippen LogP contribution in [0.1, 0.15) is 56.8 Å². The molecule has 0 saturated carbocycles. The molecule has 0 radical (unpaired) electrons. The Bertz CT molecular complexity index is 1010. The fraction of sp³-hybridized carbons (Fsp3) is 0.417. The van der Waals surface area contributed by atoms with Crippen molar-refractivity contribution in [2.75, 3.05) is 6.61 Å². The molecule has 0 aromatic heterocycles. The van der Waals surface area contributed by atoms with Crippen molar-refractivity contribution < 1.29 is 33.0 Å². The molecule has 2 rings (SSSR count). The number of aryl methyl sites for hydroxylation is 1. The molecule has 8 heteroatoms. The molecule has 2 N–H and O–H groups in total. The maximum atomic E-state index is 15.2. The molecule has 1 atom stereocenters. The van der Waals surface area contributed by atoms with Crippen molar-refractivity contribution >= 4 is 12.1 Å². The highest BCUT2D eigenvalue weighted by molar-refractivity contribution is 5.77. The predicted octanol–water partition coefficient (Wildman–Crippen LogP) is 5.47. The van der Waals surface area contributed by atoms with Crippen LogP contribution < -0.4 is 5.32 Å². The molecule has 32 heavy (non-hydrogen) atoms. The van der Waals surface area contributed by atoms with Crippen molar-refractivity contribution in [2.24, 2.45) is 0 Å². The number of benzene rings is 2. The minimum Gasteiger partial charge on any atom is -0.507 e. The fourth-order valence-corrected chi connectivity index (χ4v) is 3.31. The Kier molecular flexibility index (Phi) is 7.83. The molecule has 0 spiro atoms. The lowest BCUT2D eigenvalue weighted by molar-refractivity contribution is -0.143. The number of alkyl carbamates (subject to hydrolysis) is 1. The van der Waals surface area contributed by atoms with Crippen LogP contribution in [-0.4, -0.2) is 29.4 Å². The van der Waals surface area contributed by atoms with Crippen LogP contribution in [0.3, 0.4) is 0 Å². The zero-order chi connectivity index (χ0) is 24.2. The van der Waals surface area contributed by atoms with Crippen LogP contribution in [0.5, 0.6) is 5.75 Å². The Morgan fingerprint density at radius 3 is 2.41 bits per heavy atom. The highest BCUT2D eigenvalue weighted by Crippen LogP contribution is 2.37. The first-order chi connectivity index (χ1) is 14.8. The van der Waals surface area contributed by atoms with Gasteiger partial charge in [-0.15, -0.1) is 0 Å². The van der Waals surface area contributed by atoms with E-state index >= 15 is 4.39 Å². The standard InChI is InChI=1S/C24H29F2NO5/c1-7-31-20(29)12-18(27-23(30)32-24(4,5)6)16-11-15(10-13(2)22(16)26)21-14(3)17(25)8-9-19(21)28/h8-11,18,28H,7,12H2,1-6H3,(H,27,30)/t18-/m0/s1. The fourth-order valence-electron chi connectivity index (χ4n) is 3.31. The van der Waals surface area contributed by atoms with Crippen molar-refractivity contribution in [3.63, 3.8) is 0 Å². The van der Waals surface area contributed by atoms with Crippen LogP contribution >= 0.6 is 0 Å². The lowest BCUT2D eigenvalue weighted by Gasteiger charge is -2.24. The van der Waals surface area contributed by atoms with E-state index in [-0.39, 0.29) is 41.0 Å². The molecular formula is C24H29F2NO5. The maximum Gasteiger partial charge on any atom is 0.408 e. The van der Waals surface area contributed by atoms with Crippen LogP contribution in [-0.2, 0) is 14.3 Å². The average molecular weight is 449 g/mol. The Balaban J connectivity index is 2.58. The molecule has 2 aromatic rings. The molecular weight excluding hydrogens is 420 g/mol. The largest absolute Gasteiger partial charge is 0.507 e. The van der Waals surface area contributed by atoms with Gasteiger partial charge in [0.2, 0.25) is 0 Å². The Morgan fingerprint density at radius 1 is 1.16 bits per heavy atom. The van der Waals surface area contributed by atoms with Gasteiger partial charge in [-0.3, -0.25) is 4.79 Å². The van der Waals surface area contributed by atoms with E-state index in [4.69, 9.17) is 9.47 Å². The molecule has 0 saturated heterocycles. The predicted molar refractivity (Wildman–Crippen MR) is 116 cm³/mol. The van der Waals surface area contributed by atoms with Gasteiger partial charge >= 0.3 is 12.1 Å².